The predicted octanol–water partition coefficient (Wildman–Crippen LogP) is 2.83. The molecule has 1 atom stereocenters. The molecule has 2 aromatic heterocycles. The van der Waals surface area contributed by atoms with Gasteiger partial charge in [-0.2, -0.15) is 0 Å². The highest BCUT2D eigenvalue weighted by Gasteiger charge is 2.18. The summed E-state index contributed by atoms with van der Waals surface area (Å²) in [7, 11) is 1.97. The second-order valence-corrected chi connectivity index (χ2v) is 5.44. The van der Waals surface area contributed by atoms with Crippen molar-refractivity contribution in [3.8, 4) is 0 Å². The van der Waals surface area contributed by atoms with Gasteiger partial charge in [-0.05, 0) is 31.3 Å². The fourth-order valence-corrected chi connectivity index (χ4v) is 2.54. The molecule has 0 amide bonds. The molecule has 1 unspecified atom stereocenters. The van der Waals surface area contributed by atoms with Gasteiger partial charge in [-0.15, -0.1) is 16.4 Å². The van der Waals surface area contributed by atoms with Crippen molar-refractivity contribution in [1.82, 2.24) is 15.5 Å². The van der Waals surface area contributed by atoms with E-state index in [0.29, 0.717) is 18.5 Å². The second-order valence-electron chi connectivity index (χ2n) is 4.46. The number of nitrogens with one attached hydrogen (secondary N) is 1. The largest absolute Gasteiger partial charge is 0.407 e. The lowest BCUT2D eigenvalue weighted by Crippen LogP contribution is -2.21. The Bertz CT molecular complexity index is 483. The molecule has 0 radical (unpaired) electrons. The van der Waals surface area contributed by atoms with E-state index in [9.17, 15) is 0 Å². The van der Waals surface area contributed by atoms with Gasteiger partial charge in [-0.3, -0.25) is 0 Å². The molecule has 6 heteroatoms. The Balaban J connectivity index is 1.97. The molecule has 0 aliphatic rings. The minimum Gasteiger partial charge on any atom is -0.407 e. The minimum absolute atomic E-state index is 0.233. The van der Waals surface area contributed by atoms with E-state index in [1.54, 1.807) is 11.3 Å². The SMILES string of the molecule is CCCNCc1nnc(N(C)C(C)c2cccs2)o1. The Morgan fingerprint density at radius 1 is 1.47 bits per heavy atom. The molecule has 0 aromatic carbocycles. The van der Waals surface area contributed by atoms with Crippen LogP contribution in [0.15, 0.2) is 21.9 Å². The van der Waals surface area contributed by atoms with Crippen LogP contribution in [0.5, 0.6) is 0 Å². The first kappa shape index (κ1) is 14.0. The number of hydrogen-bond acceptors (Lipinski definition) is 6. The topological polar surface area (TPSA) is 54.2 Å². The lowest BCUT2D eigenvalue weighted by Gasteiger charge is -2.21. The summed E-state index contributed by atoms with van der Waals surface area (Å²) >= 11 is 1.73. The van der Waals surface area contributed by atoms with Gasteiger partial charge in [0, 0.05) is 11.9 Å². The van der Waals surface area contributed by atoms with Crippen LogP contribution in [-0.2, 0) is 6.54 Å². The van der Waals surface area contributed by atoms with Crippen molar-refractivity contribution in [2.75, 3.05) is 18.5 Å². The van der Waals surface area contributed by atoms with Crippen LogP contribution in [0.2, 0.25) is 0 Å². The van der Waals surface area contributed by atoms with Gasteiger partial charge in [0.15, 0.2) is 0 Å². The number of rotatable bonds is 7. The summed E-state index contributed by atoms with van der Waals surface area (Å²) in [5.41, 5.74) is 0. The van der Waals surface area contributed by atoms with E-state index < -0.39 is 0 Å². The van der Waals surface area contributed by atoms with Gasteiger partial charge in [-0.25, -0.2) is 0 Å². The second kappa shape index (κ2) is 6.68. The van der Waals surface area contributed by atoms with Crippen LogP contribution in [0, 0.1) is 0 Å². The molecule has 0 aliphatic heterocycles. The van der Waals surface area contributed by atoms with Gasteiger partial charge in [-0.1, -0.05) is 18.1 Å². The molecule has 0 bridgehead atoms. The molecule has 5 nitrogen and oxygen atoms in total. The third-order valence-corrected chi connectivity index (χ3v) is 4.04. The Labute approximate surface area is 117 Å². The van der Waals surface area contributed by atoms with Crippen LogP contribution in [0.25, 0.3) is 0 Å². The first-order chi connectivity index (χ1) is 9.22. The maximum Gasteiger partial charge on any atom is 0.318 e. The summed E-state index contributed by atoms with van der Waals surface area (Å²) in [5, 5.41) is 13.5. The highest BCUT2D eigenvalue weighted by atomic mass is 32.1. The summed E-state index contributed by atoms with van der Waals surface area (Å²) < 4.78 is 5.66. The van der Waals surface area contributed by atoms with Gasteiger partial charge >= 0.3 is 6.01 Å². The highest BCUT2D eigenvalue weighted by Crippen LogP contribution is 2.27. The number of nitrogens with zero attached hydrogens (tertiary/aromatic N) is 3. The summed E-state index contributed by atoms with van der Waals surface area (Å²) in [6, 6.07) is 4.97. The van der Waals surface area contributed by atoms with Crippen molar-refractivity contribution in [3.63, 3.8) is 0 Å². The average molecular weight is 280 g/mol. The van der Waals surface area contributed by atoms with Crippen LogP contribution in [0.1, 0.15) is 37.1 Å². The van der Waals surface area contributed by atoms with Gasteiger partial charge in [0.1, 0.15) is 0 Å². The van der Waals surface area contributed by atoms with E-state index in [0.717, 1.165) is 13.0 Å². The number of aromatic nitrogens is 2. The van der Waals surface area contributed by atoms with Gasteiger partial charge in [0.05, 0.1) is 12.6 Å². The Morgan fingerprint density at radius 2 is 2.32 bits per heavy atom. The molecule has 1 N–H and O–H groups in total. The lowest BCUT2D eigenvalue weighted by atomic mass is 10.2. The van der Waals surface area contributed by atoms with E-state index in [1.807, 2.05) is 11.9 Å². The van der Waals surface area contributed by atoms with Crippen molar-refractivity contribution < 1.29 is 4.42 Å². The standard InChI is InChI=1S/C13H20N4OS/c1-4-7-14-9-12-15-16-13(18-12)17(3)10(2)11-6-5-8-19-11/h5-6,8,10,14H,4,7,9H2,1-3H3. The van der Waals surface area contributed by atoms with Crippen LogP contribution < -0.4 is 10.2 Å². The van der Waals surface area contributed by atoms with Crippen LogP contribution in [0.3, 0.4) is 0 Å². The van der Waals surface area contributed by atoms with Crippen molar-refractivity contribution >= 4 is 17.4 Å². The molecule has 0 aliphatic carbocycles. The minimum atomic E-state index is 0.233. The van der Waals surface area contributed by atoms with Crippen molar-refractivity contribution in [3.05, 3.63) is 28.3 Å². The maximum atomic E-state index is 5.66. The van der Waals surface area contributed by atoms with Crippen molar-refractivity contribution in [2.24, 2.45) is 0 Å². The normalized spacial score (nSPS) is 12.6. The molecule has 19 heavy (non-hydrogen) atoms. The van der Waals surface area contributed by atoms with E-state index in [2.05, 4.69) is 46.9 Å². The molecule has 2 aromatic rings. The molecule has 2 heterocycles. The zero-order chi connectivity index (χ0) is 13.7. The van der Waals surface area contributed by atoms with Gasteiger partial charge < -0.3 is 14.6 Å². The first-order valence-corrected chi connectivity index (χ1v) is 7.39. The molecule has 0 saturated heterocycles. The summed E-state index contributed by atoms with van der Waals surface area (Å²) in [6.45, 7) is 5.84. The van der Waals surface area contributed by atoms with E-state index in [4.69, 9.17) is 4.42 Å². The molecule has 0 spiro atoms. The monoisotopic (exact) mass is 280 g/mol. The fourth-order valence-electron chi connectivity index (χ4n) is 1.72. The zero-order valence-corrected chi connectivity index (χ0v) is 12.4. The summed E-state index contributed by atoms with van der Waals surface area (Å²) in [5.74, 6) is 0.633. The van der Waals surface area contributed by atoms with Crippen LogP contribution >= 0.6 is 11.3 Å². The molecular weight excluding hydrogens is 260 g/mol. The summed E-state index contributed by atoms with van der Waals surface area (Å²) in [6.07, 6.45) is 1.09. The van der Waals surface area contributed by atoms with E-state index in [1.165, 1.54) is 4.88 Å². The quantitative estimate of drug-likeness (QED) is 0.790. The lowest BCUT2D eigenvalue weighted by molar-refractivity contribution is 0.458. The molecule has 0 saturated carbocycles. The zero-order valence-electron chi connectivity index (χ0n) is 11.6. The van der Waals surface area contributed by atoms with Crippen LogP contribution in [-0.4, -0.2) is 23.8 Å². The third kappa shape index (κ3) is 3.54. The smallest absolute Gasteiger partial charge is 0.318 e. The first-order valence-electron chi connectivity index (χ1n) is 6.51. The maximum absolute atomic E-state index is 5.66. The van der Waals surface area contributed by atoms with Crippen molar-refractivity contribution in [1.29, 1.82) is 0 Å². The van der Waals surface area contributed by atoms with Crippen molar-refractivity contribution in [2.45, 2.75) is 32.9 Å². The molecular formula is C13H20N4OS. The average Bonchev–Trinajstić information content (AvgIpc) is 3.08. The Hall–Kier alpha value is -1.40. The number of thiophene rings is 1. The number of hydrogen-bond donors (Lipinski definition) is 1. The van der Waals surface area contributed by atoms with E-state index in [-0.39, 0.29) is 6.04 Å². The predicted molar refractivity (Wildman–Crippen MR) is 77.4 cm³/mol. The molecule has 0 fully saturated rings. The van der Waals surface area contributed by atoms with Crippen LogP contribution in [0.4, 0.5) is 6.01 Å². The van der Waals surface area contributed by atoms with Gasteiger partial charge in [0.25, 0.3) is 0 Å². The van der Waals surface area contributed by atoms with E-state index >= 15 is 0 Å². The summed E-state index contributed by atoms with van der Waals surface area (Å²) in [4.78, 5) is 3.29. The highest BCUT2D eigenvalue weighted by molar-refractivity contribution is 7.10. The fraction of sp³-hybridized carbons (Fsp3) is 0.538. The number of anilines is 1. The molecule has 104 valence electrons. The third-order valence-electron chi connectivity index (χ3n) is 3.00. The van der Waals surface area contributed by atoms with Gasteiger partial charge in [0.2, 0.25) is 5.89 Å². The Morgan fingerprint density at radius 3 is 3.00 bits per heavy atom. The Kier molecular flexibility index (Phi) is 4.93. The molecule has 2 rings (SSSR count).